The van der Waals surface area contributed by atoms with E-state index in [1.54, 1.807) is 17.2 Å². The topological polar surface area (TPSA) is 58.1 Å². The van der Waals surface area contributed by atoms with Crippen LogP contribution >= 0.6 is 0 Å². The van der Waals surface area contributed by atoms with Gasteiger partial charge in [-0.15, -0.1) is 0 Å². The Hall–Kier alpha value is -2.43. The Bertz CT molecular complexity index is 681. The number of hydrogen-bond acceptors (Lipinski definition) is 4. The second-order valence-corrected chi connectivity index (χ2v) is 6.48. The van der Waals surface area contributed by atoms with Crippen molar-refractivity contribution in [1.82, 2.24) is 9.97 Å². The van der Waals surface area contributed by atoms with E-state index in [0.717, 1.165) is 18.5 Å². The number of rotatable bonds is 5. The Morgan fingerprint density at radius 3 is 2.52 bits per heavy atom. The van der Waals surface area contributed by atoms with Crippen LogP contribution < -0.4 is 10.2 Å². The molecule has 25 heavy (non-hydrogen) atoms. The van der Waals surface area contributed by atoms with E-state index in [2.05, 4.69) is 15.3 Å². The number of nitrogens with zero attached hydrogens (tertiary/aromatic N) is 3. The zero-order chi connectivity index (χ0) is 17.5. The number of hydrogen-bond donors (Lipinski definition) is 1. The Balaban J connectivity index is 1.74. The molecule has 1 amide bonds. The second-order valence-electron chi connectivity index (χ2n) is 6.48. The summed E-state index contributed by atoms with van der Waals surface area (Å²) < 4.78 is 0. The van der Waals surface area contributed by atoms with Crippen LogP contribution in [0.4, 0.5) is 11.6 Å². The summed E-state index contributed by atoms with van der Waals surface area (Å²) >= 11 is 0. The van der Waals surface area contributed by atoms with Crippen LogP contribution in [0, 0.1) is 0 Å². The molecule has 2 aromatic rings. The minimum Gasteiger partial charge on any atom is -0.351 e. The maximum atomic E-state index is 12.9. The highest BCUT2D eigenvalue weighted by Crippen LogP contribution is 2.20. The summed E-state index contributed by atoms with van der Waals surface area (Å²) in [6.07, 6.45) is 9.05. The van der Waals surface area contributed by atoms with Crippen molar-refractivity contribution in [3.63, 3.8) is 0 Å². The maximum Gasteiger partial charge on any atom is 0.277 e. The minimum absolute atomic E-state index is 0.0972. The SMILES string of the molecule is CCN(C(=O)c1ccnc(NC2CCCCCC2)n1)c1ccccc1. The van der Waals surface area contributed by atoms with Gasteiger partial charge in [0.25, 0.3) is 5.91 Å². The van der Waals surface area contributed by atoms with Gasteiger partial charge in [0.1, 0.15) is 5.69 Å². The highest BCUT2D eigenvalue weighted by Gasteiger charge is 2.19. The molecule has 1 aliphatic rings. The quantitative estimate of drug-likeness (QED) is 0.827. The molecule has 3 rings (SSSR count). The van der Waals surface area contributed by atoms with E-state index in [-0.39, 0.29) is 5.91 Å². The first-order valence-electron chi connectivity index (χ1n) is 9.24. The molecule has 0 atom stereocenters. The van der Waals surface area contributed by atoms with Crippen molar-refractivity contribution in [3.8, 4) is 0 Å². The number of para-hydroxylation sites is 1. The third kappa shape index (κ3) is 4.56. The predicted octanol–water partition coefficient (Wildman–Crippen LogP) is 4.28. The number of carbonyl (C=O) groups excluding carboxylic acids is 1. The summed E-state index contributed by atoms with van der Waals surface area (Å²) in [5, 5.41) is 3.42. The molecule has 1 aliphatic carbocycles. The summed E-state index contributed by atoms with van der Waals surface area (Å²) in [7, 11) is 0. The van der Waals surface area contributed by atoms with Crippen LogP contribution in [-0.4, -0.2) is 28.5 Å². The molecule has 132 valence electrons. The van der Waals surface area contributed by atoms with E-state index >= 15 is 0 Å². The average Bonchev–Trinajstić information content (AvgIpc) is 2.92. The highest BCUT2D eigenvalue weighted by molar-refractivity contribution is 6.04. The molecule has 5 nitrogen and oxygen atoms in total. The van der Waals surface area contributed by atoms with Gasteiger partial charge >= 0.3 is 0 Å². The normalized spacial score (nSPS) is 15.4. The van der Waals surface area contributed by atoms with Gasteiger partial charge in [-0.25, -0.2) is 9.97 Å². The third-order valence-corrected chi connectivity index (χ3v) is 4.69. The van der Waals surface area contributed by atoms with Crippen LogP contribution in [0.1, 0.15) is 55.9 Å². The molecular formula is C20H26N4O. The van der Waals surface area contributed by atoms with Gasteiger partial charge in [-0.3, -0.25) is 4.79 Å². The number of amides is 1. The van der Waals surface area contributed by atoms with Gasteiger partial charge in [-0.05, 0) is 38.0 Å². The highest BCUT2D eigenvalue weighted by atomic mass is 16.2. The molecular weight excluding hydrogens is 312 g/mol. The van der Waals surface area contributed by atoms with Crippen molar-refractivity contribution in [3.05, 3.63) is 48.3 Å². The van der Waals surface area contributed by atoms with Gasteiger partial charge in [0.15, 0.2) is 0 Å². The Morgan fingerprint density at radius 1 is 1.12 bits per heavy atom. The largest absolute Gasteiger partial charge is 0.351 e. The summed E-state index contributed by atoms with van der Waals surface area (Å²) in [6, 6.07) is 11.8. The molecule has 0 radical (unpaired) electrons. The molecule has 1 N–H and O–H groups in total. The molecule has 1 aromatic heterocycles. The smallest absolute Gasteiger partial charge is 0.277 e. The average molecular weight is 338 g/mol. The van der Waals surface area contributed by atoms with Gasteiger partial charge in [0.05, 0.1) is 0 Å². The molecule has 5 heteroatoms. The summed E-state index contributed by atoms with van der Waals surface area (Å²) in [4.78, 5) is 23.4. The van der Waals surface area contributed by atoms with Crippen LogP contribution in [0.15, 0.2) is 42.6 Å². The van der Waals surface area contributed by atoms with Gasteiger partial charge in [0.2, 0.25) is 5.95 Å². The predicted molar refractivity (Wildman–Crippen MR) is 101 cm³/mol. The number of carbonyl (C=O) groups is 1. The fraction of sp³-hybridized carbons (Fsp3) is 0.450. The van der Waals surface area contributed by atoms with E-state index < -0.39 is 0 Å². The van der Waals surface area contributed by atoms with E-state index in [1.165, 1.54) is 25.7 Å². The number of benzene rings is 1. The van der Waals surface area contributed by atoms with E-state index in [9.17, 15) is 4.79 Å². The van der Waals surface area contributed by atoms with Crippen molar-refractivity contribution < 1.29 is 4.79 Å². The fourth-order valence-electron chi connectivity index (χ4n) is 3.34. The molecule has 1 aromatic carbocycles. The first kappa shape index (κ1) is 17.4. The molecule has 0 bridgehead atoms. The Kier molecular flexibility index (Phi) is 5.99. The van der Waals surface area contributed by atoms with Crippen molar-refractivity contribution in [2.45, 2.75) is 51.5 Å². The molecule has 1 heterocycles. The van der Waals surface area contributed by atoms with Crippen LogP contribution in [-0.2, 0) is 0 Å². The summed E-state index contributed by atoms with van der Waals surface area (Å²) in [5.41, 5.74) is 1.31. The summed E-state index contributed by atoms with van der Waals surface area (Å²) in [5.74, 6) is 0.460. The van der Waals surface area contributed by atoms with Crippen molar-refractivity contribution in [2.75, 3.05) is 16.8 Å². The van der Waals surface area contributed by atoms with E-state index in [0.29, 0.717) is 24.2 Å². The van der Waals surface area contributed by atoms with Crippen molar-refractivity contribution >= 4 is 17.5 Å². The van der Waals surface area contributed by atoms with Crippen LogP contribution in [0.25, 0.3) is 0 Å². The lowest BCUT2D eigenvalue weighted by Gasteiger charge is -2.21. The first-order valence-corrected chi connectivity index (χ1v) is 9.24. The standard InChI is InChI=1S/C20H26N4O/c1-2-24(17-12-8-5-9-13-17)19(25)18-14-15-21-20(23-18)22-16-10-6-3-4-7-11-16/h5,8-9,12-16H,2-4,6-7,10-11H2,1H3,(H,21,22,23). The zero-order valence-corrected chi connectivity index (χ0v) is 14.8. The maximum absolute atomic E-state index is 12.9. The second kappa shape index (κ2) is 8.60. The van der Waals surface area contributed by atoms with Gasteiger partial charge in [-0.2, -0.15) is 0 Å². The van der Waals surface area contributed by atoms with Crippen molar-refractivity contribution in [1.29, 1.82) is 0 Å². The van der Waals surface area contributed by atoms with Crippen molar-refractivity contribution in [2.24, 2.45) is 0 Å². The molecule has 0 spiro atoms. The first-order chi connectivity index (χ1) is 12.3. The van der Waals surface area contributed by atoms with Gasteiger partial charge in [0, 0.05) is 24.5 Å². The molecule has 1 saturated carbocycles. The molecule has 0 saturated heterocycles. The van der Waals surface area contributed by atoms with Crippen LogP contribution in [0.2, 0.25) is 0 Å². The lowest BCUT2D eigenvalue weighted by Crippen LogP contribution is -2.31. The lowest BCUT2D eigenvalue weighted by atomic mass is 10.1. The van der Waals surface area contributed by atoms with E-state index in [4.69, 9.17) is 0 Å². The fourth-order valence-corrected chi connectivity index (χ4v) is 3.34. The minimum atomic E-state index is -0.0972. The van der Waals surface area contributed by atoms with Crippen LogP contribution in [0.5, 0.6) is 0 Å². The third-order valence-electron chi connectivity index (χ3n) is 4.69. The zero-order valence-electron chi connectivity index (χ0n) is 14.8. The Morgan fingerprint density at radius 2 is 1.84 bits per heavy atom. The van der Waals surface area contributed by atoms with Gasteiger partial charge < -0.3 is 10.2 Å². The number of aromatic nitrogens is 2. The number of anilines is 2. The monoisotopic (exact) mass is 338 g/mol. The van der Waals surface area contributed by atoms with E-state index in [1.807, 2.05) is 37.3 Å². The van der Waals surface area contributed by atoms with Crippen LogP contribution in [0.3, 0.4) is 0 Å². The molecule has 1 fully saturated rings. The van der Waals surface area contributed by atoms with Gasteiger partial charge in [-0.1, -0.05) is 43.9 Å². The Labute approximate surface area is 149 Å². The lowest BCUT2D eigenvalue weighted by molar-refractivity contribution is 0.0983. The number of nitrogens with one attached hydrogen (secondary N) is 1. The summed E-state index contributed by atoms with van der Waals surface area (Å²) in [6.45, 7) is 2.56. The molecule has 0 unspecified atom stereocenters. The molecule has 0 aliphatic heterocycles.